The number of amides is 6. The Morgan fingerprint density at radius 1 is 0.523 bits per heavy atom. The number of rotatable bonds is 26. The number of carbonyl (C=O) groups excluding carboxylic acids is 9. The molecule has 33 heteroatoms. The van der Waals surface area contributed by atoms with Gasteiger partial charge < -0.3 is 107 Å². The minimum absolute atomic E-state index is 0.0184. The summed E-state index contributed by atoms with van der Waals surface area (Å²) < 4.78 is 79.0. The fraction of sp³-hybridized carbons (Fsp3) is 0.236. The molecular weight excluding hydrogens is 1400 g/mol. The van der Waals surface area contributed by atoms with E-state index in [1.54, 1.807) is 48.5 Å². The van der Waals surface area contributed by atoms with Crippen LogP contribution in [0.3, 0.4) is 0 Å². The first-order valence-electron chi connectivity index (χ1n) is 24.6. The van der Waals surface area contributed by atoms with Gasteiger partial charge in [-0.15, -0.1) is 37.8 Å². The number of hydrogen-bond acceptors (Lipinski definition) is 21. The van der Waals surface area contributed by atoms with E-state index in [-0.39, 0.29) is 90.1 Å². The van der Waals surface area contributed by atoms with Crippen LogP contribution in [0.5, 0.6) is 5.75 Å². The van der Waals surface area contributed by atoms with Gasteiger partial charge in [-0.25, -0.2) is 26.4 Å². The summed E-state index contributed by atoms with van der Waals surface area (Å²) >= 11 is 10.9. The van der Waals surface area contributed by atoms with Gasteiger partial charge in [-0.2, -0.15) is 11.4 Å². The first-order chi connectivity index (χ1) is 41.9. The van der Waals surface area contributed by atoms with Gasteiger partial charge in [-0.05, 0) is 90.6 Å². The fourth-order valence-electron chi connectivity index (χ4n) is 7.00. The second kappa shape index (κ2) is 38.9. The SMILES string of the molecule is C=C(C[N-]C(=O)C[S-])[N-]CC(=O)[N-]CC(=O)NCNC(=O)c1ccc(C2=C(c3ccc(S(C)(=O)=O)cc3)COC2=O)cc1.C=C(C[N-]C(=O)C[S-])[N-]CC(=O)[N-]CC(=O)Oc1ccc(C2=C(c3ccc(S(C)(=O)=O)cc3)COC2=O)cc1.C=N.[O]=[99Tc+4].[O]=[99Tc+4]. The van der Waals surface area contributed by atoms with Gasteiger partial charge in [0.25, 0.3) is 11.9 Å². The minimum atomic E-state index is -3.37. The quantitative estimate of drug-likeness (QED) is 0.0259. The van der Waals surface area contributed by atoms with Crippen molar-refractivity contribution in [3.63, 3.8) is 0 Å². The van der Waals surface area contributed by atoms with E-state index in [0.717, 1.165) is 50.2 Å². The second-order valence-electron chi connectivity index (χ2n) is 17.2. The van der Waals surface area contributed by atoms with Crippen molar-refractivity contribution in [1.82, 2.24) is 10.6 Å². The summed E-state index contributed by atoms with van der Waals surface area (Å²) in [5.74, 6) is -5.43. The fourth-order valence-corrected chi connectivity index (χ4v) is 8.44. The van der Waals surface area contributed by atoms with Crippen molar-refractivity contribution in [2.75, 3.05) is 83.2 Å². The Morgan fingerprint density at radius 3 is 1.27 bits per heavy atom. The Kier molecular flexibility index (Phi) is 33.6. The molecule has 3 N–H and O–H groups in total. The summed E-state index contributed by atoms with van der Waals surface area (Å²) in [4.78, 5) is 108. The average Bonchev–Trinajstić information content (AvgIpc) is 3.54. The van der Waals surface area contributed by atoms with Crippen LogP contribution in [-0.4, -0.2) is 160 Å². The van der Waals surface area contributed by atoms with Crippen molar-refractivity contribution in [1.29, 1.82) is 5.41 Å². The third-order valence-corrected chi connectivity index (χ3v) is 13.8. The van der Waals surface area contributed by atoms with Crippen LogP contribution in [0.1, 0.15) is 32.6 Å². The zero-order valence-electron chi connectivity index (χ0n) is 46.6. The zero-order chi connectivity index (χ0) is 66.1. The molecule has 6 amide bonds. The molecule has 6 rings (SSSR count). The molecule has 0 aliphatic carbocycles. The molecule has 0 radical (unpaired) electrons. The van der Waals surface area contributed by atoms with Gasteiger partial charge in [0.15, 0.2) is 19.7 Å². The molecule has 464 valence electrons. The molecule has 4 aromatic rings. The number of carbonyl (C=O) groups is 9. The van der Waals surface area contributed by atoms with Crippen LogP contribution in [0.2, 0.25) is 0 Å². The summed E-state index contributed by atoms with van der Waals surface area (Å²) in [7, 11) is -6.73. The number of cyclic esters (lactones) is 2. The van der Waals surface area contributed by atoms with Crippen LogP contribution in [0.25, 0.3) is 54.2 Å². The van der Waals surface area contributed by atoms with Crippen molar-refractivity contribution >= 4 is 127 Å². The van der Waals surface area contributed by atoms with Crippen LogP contribution in [-0.2, 0) is 137 Å². The van der Waals surface area contributed by atoms with Crippen molar-refractivity contribution < 1.29 is 119 Å². The predicted molar refractivity (Wildman–Crippen MR) is 317 cm³/mol. The molecule has 88 heavy (non-hydrogen) atoms. The van der Waals surface area contributed by atoms with Crippen molar-refractivity contribution in [3.8, 4) is 5.75 Å². The Morgan fingerprint density at radius 2 is 0.886 bits per heavy atom. The molecule has 2 aliphatic rings. The molecule has 0 fully saturated rings. The first-order valence-corrected chi connectivity index (χ1v) is 31.0. The number of nitrogens with zero attached hydrogens (tertiary/aromatic N) is 6. The normalized spacial score (nSPS) is 12.1. The molecule has 0 saturated carbocycles. The van der Waals surface area contributed by atoms with Crippen LogP contribution in [0.4, 0.5) is 0 Å². The van der Waals surface area contributed by atoms with Crippen LogP contribution >= 0.6 is 0 Å². The van der Waals surface area contributed by atoms with Gasteiger partial charge in [-0.3, -0.25) is 14.4 Å². The molecule has 0 spiro atoms. The number of hydrogen-bond donors (Lipinski definition) is 3. The molecule has 2 heterocycles. The number of sulfone groups is 2. The van der Waals surface area contributed by atoms with Crippen molar-refractivity contribution in [2.45, 2.75) is 9.79 Å². The number of esters is 3. The van der Waals surface area contributed by atoms with Crippen LogP contribution in [0, 0.1) is 5.41 Å². The average molecular weight is 1450 g/mol. The van der Waals surface area contributed by atoms with E-state index in [0.29, 0.717) is 44.5 Å². The first kappa shape index (κ1) is 75.9. The van der Waals surface area contributed by atoms with E-state index >= 15 is 0 Å². The van der Waals surface area contributed by atoms with Gasteiger partial charge in [0, 0.05) is 52.8 Å². The maximum atomic E-state index is 12.5. The summed E-state index contributed by atoms with van der Waals surface area (Å²) in [6.07, 6.45) is 2.21. The third kappa shape index (κ3) is 25.7. The van der Waals surface area contributed by atoms with Gasteiger partial charge in [0.1, 0.15) is 19.0 Å². The Balaban J connectivity index is 0.000000555. The standard InChI is InChI=1S/C28H30N5O8S2.C26H26N3O8S2.CH3N.2O.2Tc/c1-17(11-30-25(36)15-42)29-12-23(34)31-13-24(35)32-16-33-27(37)20-5-3-19(4-6-20)26-22(14-41-28(26)38)18-7-9-21(10-8-18)43(2,39)40;1-16(11-28-23(31)15-38)27-12-22(30)29-13-24(32)37-19-7-3-18(4-8-19)25-21(14-36-26(25)33)17-5-9-20(10-6-17)39(2,34)35;1-2;;;;/h3-10H,1,11-16H2,2H3,(H5,30,31,32,33,34,35,36,37,42);3-10H,1,11-15H2,2H3,(H3,28,29,30,31,38);2H,1H2;;;;/q2*-1;;;;2*+4/p-6/i;;;;;2*1+1. The zero-order valence-corrected chi connectivity index (χ0v) is 53.5. The number of nitrogens with one attached hydrogen (secondary N) is 3. The number of benzene rings is 4. The van der Waals surface area contributed by atoms with E-state index in [1.807, 2.05) is 0 Å². The summed E-state index contributed by atoms with van der Waals surface area (Å²) in [6.45, 7) is 7.56. The topological polar surface area (TPSA) is 416 Å². The molecular formula is C55H53N9O18S4Tc2. The molecule has 0 saturated heterocycles. The summed E-state index contributed by atoms with van der Waals surface area (Å²) in [5.41, 5.74) is 4.75. The van der Waals surface area contributed by atoms with Crippen molar-refractivity contribution in [2.24, 2.45) is 0 Å². The third-order valence-electron chi connectivity index (χ3n) is 11.1. The van der Waals surface area contributed by atoms with E-state index in [4.69, 9.17) is 26.6 Å². The van der Waals surface area contributed by atoms with E-state index in [1.165, 1.54) is 48.5 Å². The van der Waals surface area contributed by atoms with Crippen molar-refractivity contribution in [3.05, 3.63) is 181 Å². The van der Waals surface area contributed by atoms with E-state index in [9.17, 15) is 60.0 Å². The number of ether oxygens (including phenoxy) is 3. The van der Waals surface area contributed by atoms with E-state index in [2.05, 4.69) is 87.7 Å². The Hall–Kier alpha value is -8.16. The monoisotopic (exact) mass is 1450 g/mol. The summed E-state index contributed by atoms with van der Waals surface area (Å²) in [5, 5.41) is 32.5. The molecule has 0 atom stereocenters. The maximum absolute atomic E-state index is 12.5. The van der Waals surface area contributed by atoms with Gasteiger partial charge in [0.2, 0.25) is 5.91 Å². The Bertz CT molecular complexity index is 3500. The van der Waals surface area contributed by atoms with Gasteiger partial charge in [0.05, 0.1) is 27.6 Å². The Labute approximate surface area is 538 Å². The van der Waals surface area contributed by atoms with Gasteiger partial charge in [-0.1, -0.05) is 61.6 Å². The molecule has 0 aromatic heterocycles. The predicted octanol–water partition coefficient (Wildman–Crippen LogP) is 4.32. The molecule has 27 nitrogen and oxygen atoms in total. The van der Waals surface area contributed by atoms with Gasteiger partial charge >= 0.3 is 56.7 Å². The van der Waals surface area contributed by atoms with E-state index < -0.39 is 86.1 Å². The molecule has 0 bridgehead atoms. The molecule has 2 aliphatic heterocycles. The van der Waals surface area contributed by atoms with Crippen LogP contribution in [0.15, 0.2) is 131 Å². The van der Waals surface area contributed by atoms with Crippen LogP contribution < -0.4 is 15.4 Å². The molecule has 4 aromatic carbocycles. The second-order valence-corrected chi connectivity index (χ2v) is 21.8. The summed E-state index contributed by atoms with van der Waals surface area (Å²) in [6, 6.07) is 24.5. The molecule has 0 unspecified atom stereocenters.